The Morgan fingerprint density at radius 2 is 1.78 bits per heavy atom. The lowest BCUT2D eigenvalue weighted by molar-refractivity contribution is 0.0629. The molecule has 0 bridgehead atoms. The number of hydrogen-bond donors (Lipinski definition) is 0. The van der Waals surface area contributed by atoms with E-state index in [9.17, 15) is 4.79 Å². The van der Waals surface area contributed by atoms with Crippen molar-refractivity contribution in [3.05, 3.63) is 34.6 Å². The zero-order valence-electron chi connectivity index (χ0n) is 14.8. The van der Waals surface area contributed by atoms with Gasteiger partial charge in [0.2, 0.25) is 0 Å². The van der Waals surface area contributed by atoms with Crippen LogP contribution in [0, 0.1) is 20.8 Å². The van der Waals surface area contributed by atoms with E-state index in [1.165, 1.54) is 0 Å². The molecule has 2 heterocycles. The fraction of sp³-hybridized carbons (Fsp3) is 0.526. The number of piperidine rings is 1. The first-order valence-electron chi connectivity index (χ1n) is 8.35. The van der Waals surface area contributed by atoms with Crippen LogP contribution in [0.3, 0.4) is 0 Å². The topological polar surface area (TPSA) is 36.7 Å². The summed E-state index contributed by atoms with van der Waals surface area (Å²) in [6, 6.07) is 4.44. The van der Waals surface area contributed by atoms with Crippen molar-refractivity contribution in [3.8, 4) is 0 Å². The second-order valence-electron chi connectivity index (χ2n) is 6.91. The Hall–Kier alpha value is -1.81. The van der Waals surface area contributed by atoms with Crippen LogP contribution in [-0.2, 0) is 0 Å². The molecule has 0 spiro atoms. The monoisotopic (exact) mass is 314 g/mol. The predicted octanol–water partition coefficient (Wildman–Crippen LogP) is 3.52. The SMILES string of the molecule is Cc1ccc(C)c2c(C)c(C(=O)N(C)C3CCN(C)CC3)oc12. The van der Waals surface area contributed by atoms with Gasteiger partial charge in [-0.3, -0.25) is 4.79 Å². The van der Waals surface area contributed by atoms with Crippen molar-refractivity contribution in [2.45, 2.75) is 39.7 Å². The Balaban J connectivity index is 1.93. The highest BCUT2D eigenvalue weighted by atomic mass is 16.3. The van der Waals surface area contributed by atoms with Gasteiger partial charge in [0.15, 0.2) is 5.76 Å². The van der Waals surface area contributed by atoms with E-state index in [0.29, 0.717) is 11.8 Å². The van der Waals surface area contributed by atoms with Gasteiger partial charge in [0.05, 0.1) is 0 Å². The zero-order valence-corrected chi connectivity index (χ0v) is 14.8. The van der Waals surface area contributed by atoms with Crippen LogP contribution in [0.2, 0.25) is 0 Å². The lowest BCUT2D eigenvalue weighted by Gasteiger charge is -2.34. The minimum atomic E-state index is 0.00653. The van der Waals surface area contributed by atoms with Gasteiger partial charge >= 0.3 is 0 Å². The number of nitrogens with zero attached hydrogens (tertiary/aromatic N) is 2. The third kappa shape index (κ3) is 2.76. The van der Waals surface area contributed by atoms with Gasteiger partial charge in [-0.05, 0) is 64.9 Å². The maximum atomic E-state index is 13.0. The maximum absolute atomic E-state index is 13.0. The quantitative estimate of drug-likeness (QED) is 0.851. The van der Waals surface area contributed by atoms with Gasteiger partial charge in [0.25, 0.3) is 5.91 Å². The summed E-state index contributed by atoms with van der Waals surface area (Å²) in [6.45, 7) is 8.17. The van der Waals surface area contributed by atoms with Crippen molar-refractivity contribution in [2.24, 2.45) is 0 Å². The molecule has 23 heavy (non-hydrogen) atoms. The molecule has 2 aromatic rings. The molecule has 1 aliphatic heterocycles. The number of hydrogen-bond acceptors (Lipinski definition) is 3. The molecule has 0 unspecified atom stereocenters. The summed E-state index contributed by atoms with van der Waals surface area (Å²) in [4.78, 5) is 17.1. The van der Waals surface area contributed by atoms with Crippen molar-refractivity contribution in [1.29, 1.82) is 0 Å². The van der Waals surface area contributed by atoms with E-state index in [1.807, 2.05) is 25.8 Å². The first-order valence-corrected chi connectivity index (χ1v) is 8.35. The van der Waals surface area contributed by atoms with Gasteiger partial charge in [-0.2, -0.15) is 0 Å². The number of furan rings is 1. The fourth-order valence-electron chi connectivity index (χ4n) is 3.59. The van der Waals surface area contributed by atoms with Crippen LogP contribution in [0.5, 0.6) is 0 Å². The molecular weight excluding hydrogens is 288 g/mol. The summed E-state index contributed by atoms with van der Waals surface area (Å²) in [6.07, 6.45) is 2.05. The number of rotatable bonds is 2. The van der Waals surface area contributed by atoms with Crippen molar-refractivity contribution in [3.63, 3.8) is 0 Å². The minimum absolute atomic E-state index is 0.00653. The molecule has 124 valence electrons. The molecule has 1 aromatic carbocycles. The molecule has 0 saturated carbocycles. The van der Waals surface area contributed by atoms with E-state index < -0.39 is 0 Å². The highest BCUT2D eigenvalue weighted by Crippen LogP contribution is 2.31. The third-order valence-corrected chi connectivity index (χ3v) is 5.23. The van der Waals surface area contributed by atoms with Gasteiger partial charge in [-0.1, -0.05) is 12.1 Å². The summed E-state index contributed by atoms with van der Waals surface area (Å²) >= 11 is 0. The number of carbonyl (C=O) groups is 1. The Kier molecular flexibility index (Phi) is 4.19. The van der Waals surface area contributed by atoms with Crippen molar-refractivity contribution >= 4 is 16.9 Å². The standard InChI is InChI=1S/C19H26N2O2/c1-12-6-7-13(2)17-16(12)14(3)18(23-17)19(22)21(5)15-8-10-20(4)11-9-15/h6-7,15H,8-11H2,1-5H3. The molecule has 0 radical (unpaired) electrons. The third-order valence-electron chi connectivity index (χ3n) is 5.23. The van der Waals surface area contributed by atoms with Crippen molar-refractivity contribution < 1.29 is 9.21 Å². The predicted molar refractivity (Wildman–Crippen MR) is 93.0 cm³/mol. The Labute approximate surface area is 138 Å². The molecule has 3 rings (SSSR count). The largest absolute Gasteiger partial charge is 0.450 e. The van der Waals surface area contributed by atoms with Crippen molar-refractivity contribution in [1.82, 2.24) is 9.80 Å². The Morgan fingerprint density at radius 3 is 2.39 bits per heavy atom. The van der Waals surface area contributed by atoms with Gasteiger partial charge in [-0.15, -0.1) is 0 Å². The van der Waals surface area contributed by atoms with Crippen LogP contribution in [0.15, 0.2) is 16.5 Å². The fourth-order valence-corrected chi connectivity index (χ4v) is 3.59. The van der Waals surface area contributed by atoms with Crippen LogP contribution in [0.25, 0.3) is 11.0 Å². The number of likely N-dealkylation sites (tertiary alicyclic amines) is 1. The molecule has 4 nitrogen and oxygen atoms in total. The summed E-state index contributed by atoms with van der Waals surface area (Å²) in [5.74, 6) is 0.505. The first-order chi connectivity index (χ1) is 10.9. The highest BCUT2D eigenvalue weighted by molar-refractivity contribution is 6.00. The van der Waals surface area contributed by atoms with E-state index in [4.69, 9.17) is 4.42 Å². The van der Waals surface area contributed by atoms with Crippen LogP contribution in [0.1, 0.15) is 40.1 Å². The maximum Gasteiger partial charge on any atom is 0.289 e. The molecule has 0 aliphatic carbocycles. The molecule has 4 heteroatoms. The summed E-state index contributed by atoms with van der Waals surface area (Å²) in [5.41, 5.74) is 4.05. The van der Waals surface area contributed by atoms with Gasteiger partial charge in [0, 0.05) is 24.0 Å². The van der Waals surface area contributed by atoms with Crippen LogP contribution >= 0.6 is 0 Å². The molecule has 0 N–H and O–H groups in total. The molecule has 1 amide bonds. The number of carbonyl (C=O) groups excluding carboxylic acids is 1. The second kappa shape index (κ2) is 6.00. The summed E-state index contributed by atoms with van der Waals surface area (Å²) in [5, 5.41) is 1.09. The van der Waals surface area contributed by atoms with E-state index in [0.717, 1.165) is 53.6 Å². The number of amides is 1. The van der Waals surface area contributed by atoms with Crippen LogP contribution in [0.4, 0.5) is 0 Å². The molecule has 1 aliphatic rings. The van der Waals surface area contributed by atoms with E-state index >= 15 is 0 Å². The smallest absolute Gasteiger partial charge is 0.289 e. The normalized spacial score (nSPS) is 16.9. The van der Waals surface area contributed by atoms with Crippen molar-refractivity contribution in [2.75, 3.05) is 27.2 Å². The van der Waals surface area contributed by atoms with Gasteiger partial charge in [-0.25, -0.2) is 0 Å². The average Bonchev–Trinajstić information content (AvgIpc) is 2.89. The molecule has 0 atom stereocenters. The van der Waals surface area contributed by atoms with E-state index in [1.54, 1.807) is 0 Å². The lowest BCUT2D eigenvalue weighted by atomic mass is 10.0. The second-order valence-corrected chi connectivity index (χ2v) is 6.91. The Bertz CT molecular complexity index is 739. The van der Waals surface area contributed by atoms with E-state index in [-0.39, 0.29) is 5.91 Å². The highest BCUT2D eigenvalue weighted by Gasteiger charge is 2.28. The minimum Gasteiger partial charge on any atom is -0.450 e. The summed E-state index contributed by atoms with van der Waals surface area (Å²) < 4.78 is 6.00. The molecular formula is C19H26N2O2. The summed E-state index contributed by atoms with van der Waals surface area (Å²) in [7, 11) is 4.04. The molecule has 1 saturated heterocycles. The van der Waals surface area contributed by atoms with E-state index in [2.05, 4.69) is 31.0 Å². The average molecular weight is 314 g/mol. The lowest BCUT2D eigenvalue weighted by Crippen LogP contribution is -2.44. The van der Waals surface area contributed by atoms with Gasteiger partial charge < -0.3 is 14.2 Å². The molecule has 1 aromatic heterocycles. The van der Waals surface area contributed by atoms with Gasteiger partial charge in [0.1, 0.15) is 5.58 Å². The van der Waals surface area contributed by atoms with Crippen LogP contribution in [-0.4, -0.2) is 48.9 Å². The number of benzene rings is 1. The van der Waals surface area contributed by atoms with Crippen LogP contribution < -0.4 is 0 Å². The number of fused-ring (bicyclic) bond motifs is 1. The Morgan fingerprint density at radius 1 is 1.17 bits per heavy atom. The molecule has 1 fully saturated rings. The number of aryl methyl sites for hydroxylation is 3. The zero-order chi connectivity index (χ0) is 16.7. The first kappa shape index (κ1) is 16.1.